The molecule has 7 nitrogen and oxygen atoms in total. The molecular weight excluding hydrogens is 478 g/mol. The van der Waals surface area contributed by atoms with Crippen molar-refractivity contribution in [2.24, 2.45) is 5.92 Å². The molecule has 0 saturated heterocycles. The number of nitrogens with zero attached hydrogens (tertiary/aromatic N) is 1. The van der Waals surface area contributed by atoms with E-state index in [-0.39, 0.29) is 23.8 Å². The highest BCUT2D eigenvalue weighted by Gasteiger charge is 2.38. The van der Waals surface area contributed by atoms with E-state index < -0.39 is 23.8 Å². The number of nitrogens with one attached hydrogen (secondary N) is 2. The van der Waals surface area contributed by atoms with Crippen molar-refractivity contribution in [3.63, 3.8) is 0 Å². The van der Waals surface area contributed by atoms with Gasteiger partial charge in [0.1, 0.15) is 17.7 Å². The van der Waals surface area contributed by atoms with E-state index in [2.05, 4.69) is 30.4 Å². The molecule has 2 N–H and O–H groups in total. The van der Waals surface area contributed by atoms with E-state index in [0.717, 1.165) is 38.5 Å². The van der Waals surface area contributed by atoms with Crippen molar-refractivity contribution in [2.45, 2.75) is 118 Å². The van der Waals surface area contributed by atoms with Crippen LogP contribution in [0.1, 0.15) is 111 Å². The zero-order valence-corrected chi connectivity index (χ0v) is 24.7. The average Bonchev–Trinajstić information content (AvgIpc) is 2.83. The number of rotatable bonds is 14. The summed E-state index contributed by atoms with van der Waals surface area (Å²) in [7, 11) is 0. The van der Waals surface area contributed by atoms with Gasteiger partial charge in [-0.25, -0.2) is 4.79 Å². The minimum atomic E-state index is -0.933. The molecule has 1 aromatic carbocycles. The second kappa shape index (κ2) is 16.1. The largest absolute Gasteiger partial charge is 0.444 e. The Balaban J connectivity index is 3.56. The first-order chi connectivity index (χ1) is 17.9. The molecule has 0 aliphatic carbocycles. The third kappa shape index (κ3) is 10.8. The van der Waals surface area contributed by atoms with Crippen LogP contribution in [0.3, 0.4) is 0 Å². The molecule has 3 unspecified atom stereocenters. The van der Waals surface area contributed by atoms with Gasteiger partial charge in [-0.15, -0.1) is 6.42 Å². The van der Waals surface area contributed by atoms with E-state index in [9.17, 15) is 14.4 Å². The molecule has 0 aliphatic heterocycles. The number of hydrogen-bond acceptors (Lipinski definition) is 4. The lowest BCUT2D eigenvalue weighted by Gasteiger charge is -2.36. The Morgan fingerprint density at radius 2 is 1.66 bits per heavy atom. The second-order valence-corrected chi connectivity index (χ2v) is 11.3. The summed E-state index contributed by atoms with van der Waals surface area (Å²) in [5.74, 6) is 1.83. The lowest BCUT2D eigenvalue weighted by atomic mass is 9.95. The van der Waals surface area contributed by atoms with Crippen molar-refractivity contribution in [2.75, 3.05) is 6.54 Å². The minimum absolute atomic E-state index is 0.0641. The first kappa shape index (κ1) is 33.0. The fourth-order valence-electron chi connectivity index (χ4n) is 4.35. The van der Waals surface area contributed by atoms with Gasteiger partial charge in [0.15, 0.2) is 0 Å². The van der Waals surface area contributed by atoms with Gasteiger partial charge in [0.2, 0.25) is 11.8 Å². The highest BCUT2D eigenvalue weighted by Crippen LogP contribution is 2.27. The Labute approximate surface area is 230 Å². The molecule has 7 heteroatoms. The molecule has 0 saturated carbocycles. The Hall–Kier alpha value is -3.01. The predicted octanol–water partition coefficient (Wildman–Crippen LogP) is 5.97. The lowest BCUT2D eigenvalue weighted by molar-refractivity contribution is -0.143. The van der Waals surface area contributed by atoms with Gasteiger partial charge in [-0.05, 0) is 58.1 Å². The average molecular weight is 528 g/mol. The van der Waals surface area contributed by atoms with Gasteiger partial charge in [-0.2, -0.15) is 0 Å². The monoisotopic (exact) mass is 527 g/mol. The van der Waals surface area contributed by atoms with Crippen LogP contribution in [0.2, 0.25) is 0 Å². The van der Waals surface area contributed by atoms with Crippen molar-refractivity contribution < 1.29 is 19.1 Å². The van der Waals surface area contributed by atoms with Crippen LogP contribution in [0.25, 0.3) is 0 Å². The molecule has 1 rings (SSSR count). The zero-order valence-electron chi connectivity index (χ0n) is 24.7. The summed E-state index contributed by atoms with van der Waals surface area (Å²) < 4.78 is 5.44. The smallest absolute Gasteiger partial charge is 0.408 e. The zero-order chi connectivity index (χ0) is 28.9. The van der Waals surface area contributed by atoms with E-state index in [4.69, 9.17) is 11.2 Å². The number of carbonyl (C=O) groups excluding carboxylic acids is 3. The number of ether oxygens (including phenoxy) is 1. The summed E-state index contributed by atoms with van der Waals surface area (Å²) in [5.41, 5.74) is 0.445. The molecule has 38 heavy (non-hydrogen) atoms. The normalized spacial score (nSPS) is 13.7. The topological polar surface area (TPSA) is 87.7 Å². The van der Waals surface area contributed by atoms with E-state index >= 15 is 0 Å². The van der Waals surface area contributed by atoms with Crippen molar-refractivity contribution >= 4 is 17.9 Å². The summed E-state index contributed by atoms with van der Waals surface area (Å²) in [6.45, 7) is 15.5. The van der Waals surface area contributed by atoms with Gasteiger partial charge in [-0.1, -0.05) is 77.5 Å². The lowest BCUT2D eigenvalue weighted by Crippen LogP contribution is -2.55. The van der Waals surface area contributed by atoms with Gasteiger partial charge < -0.3 is 20.3 Å². The third-order valence-corrected chi connectivity index (χ3v) is 6.22. The van der Waals surface area contributed by atoms with E-state index in [1.807, 2.05) is 39.0 Å². The van der Waals surface area contributed by atoms with E-state index in [1.165, 1.54) is 0 Å². The molecule has 1 aromatic rings. The number of unbranched alkanes of at least 4 members (excludes halogenated alkanes) is 3. The quantitative estimate of drug-likeness (QED) is 0.230. The molecule has 0 spiro atoms. The van der Waals surface area contributed by atoms with E-state index in [1.54, 1.807) is 31.7 Å². The number of hydrogen-bond donors (Lipinski definition) is 2. The maximum Gasteiger partial charge on any atom is 0.408 e. The Kier molecular flexibility index (Phi) is 14.0. The van der Waals surface area contributed by atoms with Crippen molar-refractivity contribution in [1.82, 2.24) is 15.5 Å². The number of carbonyl (C=O) groups is 3. The van der Waals surface area contributed by atoms with Gasteiger partial charge in [0.25, 0.3) is 0 Å². The van der Waals surface area contributed by atoms with Crippen LogP contribution in [0.4, 0.5) is 4.79 Å². The molecule has 0 bridgehead atoms. The summed E-state index contributed by atoms with van der Waals surface area (Å²) >= 11 is 0. The van der Waals surface area contributed by atoms with Crippen LogP contribution < -0.4 is 10.6 Å². The SMILES string of the molecule is C#Cc1ccccc1C(C(=O)NC(C)CCC)N(CCCCCC)C(=O)C(NC(=O)OC(C)(C)C)C(C)C. The van der Waals surface area contributed by atoms with Crippen molar-refractivity contribution in [1.29, 1.82) is 0 Å². The fraction of sp³-hybridized carbons (Fsp3) is 0.645. The molecule has 0 radical (unpaired) electrons. The van der Waals surface area contributed by atoms with Crippen molar-refractivity contribution in [3.8, 4) is 12.3 Å². The molecule has 0 heterocycles. The molecule has 0 aromatic heterocycles. The Morgan fingerprint density at radius 1 is 1.00 bits per heavy atom. The highest BCUT2D eigenvalue weighted by atomic mass is 16.6. The van der Waals surface area contributed by atoms with Gasteiger partial charge in [0, 0.05) is 18.2 Å². The minimum Gasteiger partial charge on any atom is -0.444 e. The summed E-state index contributed by atoms with van der Waals surface area (Å²) in [5, 5.41) is 5.86. The predicted molar refractivity (Wildman–Crippen MR) is 153 cm³/mol. The first-order valence-electron chi connectivity index (χ1n) is 14.0. The number of terminal acetylenes is 1. The van der Waals surface area contributed by atoms with Crippen LogP contribution in [0.5, 0.6) is 0 Å². The molecule has 212 valence electrons. The van der Waals surface area contributed by atoms with Crippen LogP contribution in [0, 0.1) is 18.3 Å². The van der Waals surface area contributed by atoms with Crippen LogP contribution >= 0.6 is 0 Å². The summed E-state index contributed by atoms with van der Waals surface area (Å²) in [4.78, 5) is 42.3. The third-order valence-electron chi connectivity index (χ3n) is 6.22. The maximum atomic E-state index is 14.2. The Bertz CT molecular complexity index is 945. The number of alkyl carbamates (subject to hydrolysis) is 1. The Morgan fingerprint density at radius 3 is 2.21 bits per heavy atom. The standard InChI is InChI=1S/C31H49N3O4/c1-10-13-14-17-21-34(29(36)26(22(4)5)33-30(37)38-31(7,8)9)27(28(35)32-23(6)18-11-2)25-20-16-15-19-24(25)12-3/h3,15-16,19-20,22-23,26-27H,10-11,13-14,17-18,21H2,1-2,4-9H3,(H,32,35)(H,33,37). The number of benzene rings is 1. The van der Waals surface area contributed by atoms with Gasteiger partial charge in [-0.3, -0.25) is 9.59 Å². The second-order valence-electron chi connectivity index (χ2n) is 11.3. The highest BCUT2D eigenvalue weighted by molar-refractivity contribution is 5.92. The molecule has 3 atom stereocenters. The maximum absolute atomic E-state index is 14.2. The van der Waals surface area contributed by atoms with Gasteiger partial charge >= 0.3 is 6.09 Å². The summed E-state index contributed by atoms with van der Waals surface area (Å²) in [6, 6.07) is 5.36. The number of amides is 3. The molecule has 0 aliphatic rings. The molecule has 0 fully saturated rings. The van der Waals surface area contributed by atoms with Gasteiger partial charge in [0.05, 0.1) is 0 Å². The van der Waals surface area contributed by atoms with Crippen LogP contribution in [0.15, 0.2) is 24.3 Å². The van der Waals surface area contributed by atoms with Crippen LogP contribution in [-0.2, 0) is 14.3 Å². The molecular formula is C31H49N3O4. The van der Waals surface area contributed by atoms with Crippen molar-refractivity contribution in [3.05, 3.63) is 35.4 Å². The summed E-state index contributed by atoms with van der Waals surface area (Å²) in [6.07, 6.45) is 10.6. The molecule has 3 amide bonds. The van der Waals surface area contributed by atoms with E-state index in [0.29, 0.717) is 17.7 Å². The fourth-order valence-corrected chi connectivity index (χ4v) is 4.35. The van der Waals surface area contributed by atoms with Crippen LogP contribution in [-0.4, -0.2) is 47.0 Å². The first-order valence-corrected chi connectivity index (χ1v) is 14.0.